The maximum absolute atomic E-state index is 11.9. The van der Waals surface area contributed by atoms with Crippen molar-refractivity contribution in [3.05, 3.63) is 0 Å². The Balaban J connectivity index is 1.63. The van der Waals surface area contributed by atoms with E-state index in [2.05, 4.69) is 5.32 Å². The summed E-state index contributed by atoms with van der Waals surface area (Å²) in [5.74, 6) is 0.801. The minimum atomic E-state index is -0.312. The van der Waals surface area contributed by atoms with Crippen LogP contribution >= 0.6 is 0 Å². The molecular formula is C15H28N2O3. The van der Waals surface area contributed by atoms with Crippen molar-refractivity contribution in [1.82, 2.24) is 5.32 Å². The van der Waals surface area contributed by atoms with Crippen molar-refractivity contribution in [3.8, 4) is 0 Å². The van der Waals surface area contributed by atoms with Crippen molar-refractivity contribution in [1.29, 1.82) is 0 Å². The van der Waals surface area contributed by atoms with Crippen LogP contribution in [0.1, 0.15) is 44.9 Å². The first-order valence-electron chi connectivity index (χ1n) is 7.79. The first-order chi connectivity index (χ1) is 9.63. The minimum Gasteiger partial charge on any atom is -0.378 e. The zero-order chi connectivity index (χ0) is 14.4. The Kier molecular flexibility index (Phi) is 5.81. The highest BCUT2D eigenvalue weighted by molar-refractivity contribution is 5.75. The number of ether oxygens (including phenoxy) is 2. The second-order valence-electron chi connectivity index (χ2n) is 6.29. The highest BCUT2D eigenvalue weighted by atomic mass is 16.5. The Morgan fingerprint density at radius 2 is 2.15 bits per heavy atom. The molecule has 116 valence electrons. The number of rotatable bonds is 6. The fourth-order valence-corrected chi connectivity index (χ4v) is 3.12. The molecule has 5 heteroatoms. The molecule has 1 saturated heterocycles. The standard InChI is InChI=1S/C15H28N2O3/c1-19-15(8-9-20-11-15)10-17-14(18)7-4-12-2-5-13(16)6-3-12/h12-13H,2-11,16H2,1H3,(H,17,18). The van der Waals surface area contributed by atoms with E-state index >= 15 is 0 Å². The van der Waals surface area contributed by atoms with Crippen LogP contribution in [0.15, 0.2) is 0 Å². The van der Waals surface area contributed by atoms with Gasteiger partial charge in [0, 0.05) is 39.1 Å². The van der Waals surface area contributed by atoms with Gasteiger partial charge in [0.1, 0.15) is 5.60 Å². The third kappa shape index (κ3) is 4.43. The average Bonchev–Trinajstić information content (AvgIpc) is 2.94. The van der Waals surface area contributed by atoms with Crippen LogP contribution in [0.2, 0.25) is 0 Å². The maximum atomic E-state index is 11.9. The smallest absolute Gasteiger partial charge is 0.220 e. The van der Waals surface area contributed by atoms with Crippen molar-refractivity contribution in [2.24, 2.45) is 11.7 Å². The predicted molar refractivity (Wildman–Crippen MR) is 77.4 cm³/mol. The molecule has 0 aromatic heterocycles. The van der Waals surface area contributed by atoms with Crippen LogP contribution in [-0.4, -0.2) is 44.4 Å². The van der Waals surface area contributed by atoms with Gasteiger partial charge in [-0.15, -0.1) is 0 Å². The molecule has 1 aliphatic heterocycles. The highest BCUT2D eigenvalue weighted by Crippen LogP contribution is 2.27. The molecule has 1 heterocycles. The van der Waals surface area contributed by atoms with Gasteiger partial charge in [-0.1, -0.05) is 0 Å². The molecule has 1 atom stereocenters. The van der Waals surface area contributed by atoms with Crippen LogP contribution in [-0.2, 0) is 14.3 Å². The summed E-state index contributed by atoms with van der Waals surface area (Å²) in [7, 11) is 1.69. The highest BCUT2D eigenvalue weighted by Gasteiger charge is 2.35. The largest absolute Gasteiger partial charge is 0.378 e. The summed E-state index contributed by atoms with van der Waals surface area (Å²) in [4.78, 5) is 11.9. The van der Waals surface area contributed by atoms with E-state index in [9.17, 15) is 4.79 Å². The molecular weight excluding hydrogens is 256 g/mol. The van der Waals surface area contributed by atoms with Crippen molar-refractivity contribution in [3.63, 3.8) is 0 Å². The fourth-order valence-electron chi connectivity index (χ4n) is 3.12. The van der Waals surface area contributed by atoms with Gasteiger partial charge in [-0.3, -0.25) is 4.79 Å². The van der Waals surface area contributed by atoms with E-state index < -0.39 is 0 Å². The first-order valence-corrected chi connectivity index (χ1v) is 7.79. The number of nitrogens with one attached hydrogen (secondary N) is 1. The molecule has 0 aromatic rings. The summed E-state index contributed by atoms with van der Waals surface area (Å²) in [6.07, 6.45) is 7.00. The van der Waals surface area contributed by atoms with Gasteiger partial charge in [-0.2, -0.15) is 0 Å². The molecule has 3 N–H and O–H groups in total. The minimum absolute atomic E-state index is 0.128. The number of hydrogen-bond acceptors (Lipinski definition) is 4. The molecule has 0 aromatic carbocycles. The lowest BCUT2D eigenvalue weighted by Crippen LogP contribution is -2.45. The van der Waals surface area contributed by atoms with Crippen LogP contribution in [0, 0.1) is 5.92 Å². The first kappa shape index (κ1) is 15.7. The Hall–Kier alpha value is -0.650. The predicted octanol–water partition coefficient (Wildman–Crippen LogP) is 1.21. The molecule has 20 heavy (non-hydrogen) atoms. The molecule has 2 rings (SSSR count). The van der Waals surface area contributed by atoms with Gasteiger partial charge in [0.15, 0.2) is 0 Å². The number of carbonyl (C=O) groups excluding carboxylic acids is 1. The van der Waals surface area contributed by atoms with Gasteiger partial charge < -0.3 is 20.5 Å². The van der Waals surface area contributed by atoms with Crippen molar-refractivity contribution in [2.75, 3.05) is 26.9 Å². The Morgan fingerprint density at radius 3 is 2.75 bits per heavy atom. The normalized spacial score (nSPS) is 34.1. The van der Waals surface area contributed by atoms with Crippen LogP contribution in [0.4, 0.5) is 0 Å². The van der Waals surface area contributed by atoms with Crippen LogP contribution < -0.4 is 11.1 Å². The van der Waals surface area contributed by atoms with Crippen molar-refractivity contribution >= 4 is 5.91 Å². The summed E-state index contributed by atoms with van der Waals surface area (Å²) in [6.45, 7) is 1.84. The van der Waals surface area contributed by atoms with Gasteiger partial charge in [-0.05, 0) is 38.0 Å². The summed E-state index contributed by atoms with van der Waals surface area (Å²) in [6, 6.07) is 0.379. The fraction of sp³-hybridized carbons (Fsp3) is 0.933. The monoisotopic (exact) mass is 284 g/mol. The topological polar surface area (TPSA) is 73.6 Å². The van der Waals surface area contributed by atoms with Gasteiger partial charge in [0.05, 0.1) is 6.61 Å². The van der Waals surface area contributed by atoms with E-state index in [1.54, 1.807) is 7.11 Å². The molecule has 2 fully saturated rings. The maximum Gasteiger partial charge on any atom is 0.220 e. The molecule has 0 bridgehead atoms. The summed E-state index contributed by atoms with van der Waals surface area (Å²) >= 11 is 0. The second-order valence-corrected chi connectivity index (χ2v) is 6.29. The Labute approximate surface area is 121 Å². The number of carbonyl (C=O) groups is 1. The lowest BCUT2D eigenvalue weighted by atomic mass is 9.84. The second kappa shape index (κ2) is 7.38. The van der Waals surface area contributed by atoms with Crippen LogP contribution in [0.3, 0.4) is 0 Å². The van der Waals surface area contributed by atoms with Gasteiger partial charge in [0.2, 0.25) is 5.91 Å². The Morgan fingerprint density at radius 1 is 1.40 bits per heavy atom. The summed E-state index contributed by atoms with van der Waals surface area (Å²) in [5, 5.41) is 3.00. The van der Waals surface area contributed by atoms with Gasteiger partial charge in [-0.25, -0.2) is 0 Å². The van der Waals surface area contributed by atoms with E-state index in [-0.39, 0.29) is 11.5 Å². The van der Waals surface area contributed by atoms with Crippen molar-refractivity contribution in [2.45, 2.75) is 56.6 Å². The molecule has 0 spiro atoms. The molecule has 5 nitrogen and oxygen atoms in total. The van der Waals surface area contributed by atoms with Gasteiger partial charge >= 0.3 is 0 Å². The van der Waals surface area contributed by atoms with Crippen molar-refractivity contribution < 1.29 is 14.3 Å². The zero-order valence-electron chi connectivity index (χ0n) is 12.5. The average molecular weight is 284 g/mol. The molecule has 1 unspecified atom stereocenters. The molecule has 1 amide bonds. The summed E-state index contributed by atoms with van der Waals surface area (Å²) in [5.41, 5.74) is 5.58. The number of nitrogens with two attached hydrogens (primary N) is 1. The van der Waals surface area contributed by atoms with E-state index in [1.165, 1.54) is 12.8 Å². The number of methoxy groups -OCH3 is 1. The third-order valence-electron chi connectivity index (χ3n) is 4.78. The molecule has 0 radical (unpaired) electrons. The Bertz CT molecular complexity index is 308. The lowest BCUT2D eigenvalue weighted by Gasteiger charge is -2.27. The number of amides is 1. The lowest BCUT2D eigenvalue weighted by molar-refractivity contribution is -0.123. The van der Waals surface area contributed by atoms with E-state index in [0.29, 0.717) is 38.1 Å². The quantitative estimate of drug-likeness (QED) is 0.769. The third-order valence-corrected chi connectivity index (χ3v) is 4.78. The molecule has 1 aliphatic carbocycles. The van der Waals surface area contributed by atoms with Crippen LogP contribution in [0.5, 0.6) is 0 Å². The van der Waals surface area contributed by atoms with E-state index in [0.717, 1.165) is 25.7 Å². The van der Waals surface area contributed by atoms with Gasteiger partial charge in [0.25, 0.3) is 0 Å². The molecule has 1 saturated carbocycles. The zero-order valence-corrected chi connectivity index (χ0v) is 12.5. The van der Waals surface area contributed by atoms with E-state index in [1.807, 2.05) is 0 Å². The molecule has 2 aliphatic rings. The number of hydrogen-bond donors (Lipinski definition) is 2. The SMILES string of the molecule is COC1(CNC(=O)CCC2CCC(N)CC2)CCOC1. The summed E-state index contributed by atoms with van der Waals surface area (Å²) < 4.78 is 10.9. The van der Waals surface area contributed by atoms with E-state index in [4.69, 9.17) is 15.2 Å². The van der Waals surface area contributed by atoms with Crippen LogP contribution in [0.25, 0.3) is 0 Å².